The number of hydrogen-bond donors (Lipinski definition) is 1. The molecule has 1 aromatic carbocycles. The van der Waals surface area contributed by atoms with Gasteiger partial charge in [-0.15, -0.1) is 11.3 Å². The molecule has 0 saturated carbocycles. The first kappa shape index (κ1) is 18.7. The zero-order chi connectivity index (χ0) is 18.4. The molecule has 4 nitrogen and oxygen atoms in total. The summed E-state index contributed by atoms with van der Waals surface area (Å²) < 4.78 is 5.15. The summed E-state index contributed by atoms with van der Waals surface area (Å²) in [4.78, 5) is 16.8. The standard InChI is InChI=1S/C20H19NO3S/c1-5-20(3,23)13-7-6-8-17-18(14(2)22)25-19(21-17)15-9-11-16(24-4)12-10-15/h9-12,23H,5H2,1-4H3. The molecule has 0 aliphatic heterocycles. The number of aromatic nitrogens is 1. The smallest absolute Gasteiger partial charge is 0.172 e. The number of Topliss-reactive ketones (excluding diaryl/α,β-unsaturated/α-hetero) is 1. The van der Waals surface area contributed by atoms with Gasteiger partial charge in [0.05, 0.1) is 7.11 Å². The predicted molar refractivity (Wildman–Crippen MR) is 99.7 cm³/mol. The van der Waals surface area contributed by atoms with Gasteiger partial charge in [-0.25, -0.2) is 4.98 Å². The number of carbonyl (C=O) groups excluding carboxylic acids is 1. The van der Waals surface area contributed by atoms with E-state index in [0.717, 1.165) is 11.3 Å². The van der Waals surface area contributed by atoms with Crippen molar-refractivity contribution in [3.8, 4) is 40.0 Å². The summed E-state index contributed by atoms with van der Waals surface area (Å²) >= 11 is 1.30. The number of nitrogens with zero attached hydrogens (tertiary/aromatic N) is 1. The van der Waals surface area contributed by atoms with Crippen LogP contribution in [0.4, 0.5) is 0 Å². The molecule has 0 aliphatic rings. The first-order chi connectivity index (χ1) is 11.9. The van der Waals surface area contributed by atoms with Crippen LogP contribution >= 0.6 is 11.3 Å². The Morgan fingerprint density at radius 2 is 2.00 bits per heavy atom. The molecule has 5 heteroatoms. The van der Waals surface area contributed by atoms with Gasteiger partial charge in [0.1, 0.15) is 26.9 Å². The molecule has 0 spiro atoms. The zero-order valence-corrected chi connectivity index (χ0v) is 15.5. The monoisotopic (exact) mass is 353 g/mol. The summed E-state index contributed by atoms with van der Waals surface area (Å²) in [7, 11) is 1.61. The van der Waals surface area contributed by atoms with E-state index in [2.05, 4.69) is 28.7 Å². The van der Waals surface area contributed by atoms with Crippen LogP contribution in [0.2, 0.25) is 0 Å². The lowest BCUT2D eigenvalue weighted by Crippen LogP contribution is -2.19. The van der Waals surface area contributed by atoms with Crippen LogP contribution in [0.25, 0.3) is 10.6 Å². The minimum Gasteiger partial charge on any atom is -0.497 e. The number of rotatable bonds is 4. The lowest BCUT2D eigenvalue weighted by molar-refractivity contribution is 0.102. The van der Waals surface area contributed by atoms with Gasteiger partial charge in [0.2, 0.25) is 0 Å². The van der Waals surface area contributed by atoms with Gasteiger partial charge in [-0.05, 0) is 55.4 Å². The molecule has 25 heavy (non-hydrogen) atoms. The van der Waals surface area contributed by atoms with E-state index < -0.39 is 5.60 Å². The van der Waals surface area contributed by atoms with E-state index in [1.807, 2.05) is 31.2 Å². The molecule has 2 rings (SSSR count). The van der Waals surface area contributed by atoms with E-state index in [9.17, 15) is 9.90 Å². The van der Waals surface area contributed by atoms with E-state index in [1.165, 1.54) is 18.3 Å². The fraction of sp³-hybridized carbons (Fsp3) is 0.300. The van der Waals surface area contributed by atoms with E-state index in [-0.39, 0.29) is 5.78 Å². The van der Waals surface area contributed by atoms with Gasteiger partial charge >= 0.3 is 0 Å². The first-order valence-electron chi connectivity index (χ1n) is 7.78. The van der Waals surface area contributed by atoms with Crippen LogP contribution in [-0.4, -0.2) is 28.6 Å². The van der Waals surface area contributed by atoms with Crippen LogP contribution in [0.5, 0.6) is 5.75 Å². The Kier molecular flexibility index (Phi) is 5.98. The molecule has 1 heterocycles. The Morgan fingerprint density at radius 1 is 1.32 bits per heavy atom. The van der Waals surface area contributed by atoms with E-state index in [4.69, 9.17) is 4.74 Å². The molecule has 2 aromatic rings. The maximum absolute atomic E-state index is 11.9. The number of hydrogen-bond acceptors (Lipinski definition) is 5. The number of ether oxygens (including phenoxy) is 1. The maximum atomic E-state index is 11.9. The van der Waals surface area contributed by atoms with Crippen LogP contribution in [0.15, 0.2) is 24.3 Å². The second-order valence-electron chi connectivity index (χ2n) is 5.61. The summed E-state index contributed by atoms with van der Waals surface area (Å²) in [5.41, 5.74) is 0.240. The fourth-order valence-electron chi connectivity index (χ4n) is 1.85. The quantitative estimate of drug-likeness (QED) is 0.675. The van der Waals surface area contributed by atoms with Crippen molar-refractivity contribution < 1.29 is 14.6 Å². The molecule has 1 aromatic heterocycles. The molecule has 0 saturated heterocycles. The molecule has 1 atom stereocenters. The van der Waals surface area contributed by atoms with E-state index in [0.29, 0.717) is 22.0 Å². The van der Waals surface area contributed by atoms with E-state index >= 15 is 0 Å². The number of methoxy groups -OCH3 is 1. The number of aliphatic hydroxyl groups is 1. The molecule has 0 bridgehead atoms. The van der Waals surface area contributed by atoms with Gasteiger partial charge in [0.25, 0.3) is 0 Å². The molecular weight excluding hydrogens is 334 g/mol. The van der Waals surface area contributed by atoms with Gasteiger partial charge in [0, 0.05) is 12.5 Å². The largest absolute Gasteiger partial charge is 0.497 e. The maximum Gasteiger partial charge on any atom is 0.172 e. The lowest BCUT2D eigenvalue weighted by atomic mass is 10.1. The second-order valence-corrected chi connectivity index (χ2v) is 6.61. The highest BCUT2D eigenvalue weighted by molar-refractivity contribution is 7.17. The van der Waals surface area contributed by atoms with Crippen molar-refractivity contribution in [2.45, 2.75) is 32.8 Å². The third-order valence-corrected chi connectivity index (χ3v) is 4.75. The van der Waals surface area contributed by atoms with Crippen molar-refractivity contribution in [3.05, 3.63) is 34.8 Å². The normalized spacial score (nSPS) is 12.2. The lowest BCUT2D eigenvalue weighted by Gasteiger charge is -2.10. The van der Waals surface area contributed by atoms with Crippen molar-refractivity contribution in [2.24, 2.45) is 0 Å². The van der Waals surface area contributed by atoms with Crippen LogP contribution in [0.1, 0.15) is 42.6 Å². The third-order valence-electron chi connectivity index (χ3n) is 3.55. The molecule has 1 N–H and O–H groups in total. The Labute approximate surface area is 151 Å². The van der Waals surface area contributed by atoms with Gasteiger partial charge in [0.15, 0.2) is 5.78 Å². The average Bonchev–Trinajstić information content (AvgIpc) is 3.03. The van der Waals surface area contributed by atoms with Gasteiger partial charge in [-0.2, -0.15) is 0 Å². The fourth-order valence-corrected chi connectivity index (χ4v) is 2.77. The Morgan fingerprint density at radius 3 is 2.56 bits per heavy atom. The summed E-state index contributed by atoms with van der Waals surface area (Å²) in [6.07, 6.45) is 0.513. The Hall–Kier alpha value is -2.60. The number of ketones is 1. The number of carbonyl (C=O) groups is 1. The molecule has 0 amide bonds. The van der Waals surface area contributed by atoms with Crippen LogP contribution in [-0.2, 0) is 0 Å². The Bertz CT molecular complexity index is 887. The molecule has 1 unspecified atom stereocenters. The first-order valence-corrected chi connectivity index (χ1v) is 8.59. The van der Waals surface area contributed by atoms with Gasteiger partial charge in [-0.3, -0.25) is 4.79 Å². The minimum atomic E-state index is -1.06. The topological polar surface area (TPSA) is 59.4 Å². The highest BCUT2D eigenvalue weighted by atomic mass is 32.1. The predicted octanol–water partition coefficient (Wildman–Crippen LogP) is 3.54. The van der Waals surface area contributed by atoms with Gasteiger partial charge in [-0.1, -0.05) is 12.8 Å². The molecule has 0 fully saturated rings. The highest BCUT2D eigenvalue weighted by Gasteiger charge is 2.15. The van der Waals surface area contributed by atoms with Crippen LogP contribution < -0.4 is 4.74 Å². The third kappa shape index (κ3) is 4.93. The van der Waals surface area contributed by atoms with Crippen LogP contribution in [0, 0.1) is 23.7 Å². The molecule has 0 radical (unpaired) electrons. The van der Waals surface area contributed by atoms with Crippen molar-refractivity contribution >= 4 is 17.1 Å². The minimum absolute atomic E-state index is 0.0879. The summed E-state index contributed by atoms with van der Waals surface area (Å²) in [5, 5.41) is 10.6. The number of benzene rings is 1. The Balaban J connectivity index is 2.36. The van der Waals surface area contributed by atoms with Crippen molar-refractivity contribution in [1.29, 1.82) is 0 Å². The average molecular weight is 353 g/mol. The van der Waals surface area contributed by atoms with Crippen molar-refractivity contribution in [3.63, 3.8) is 0 Å². The molecular formula is C20H19NO3S. The summed E-state index contributed by atoms with van der Waals surface area (Å²) in [5.74, 6) is 11.5. The molecule has 128 valence electrons. The van der Waals surface area contributed by atoms with Crippen molar-refractivity contribution in [1.82, 2.24) is 4.98 Å². The molecule has 0 aliphatic carbocycles. The highest BCUT2D eigenvalue weighted by Crippen LogP contribution is 2.29. The number of thiazole rings is 1. The second kappa shape index (κ2) is 7.98. The summed E-state index contributed by atoms with van der Waals surface area (Å²) in [6, 6.07) is 7.45. The zero-order valence-electron chi connectivity index (χ0n) is 14.6. The van der Waals surface area contributed by atoms with Crippen molar-refractivity contribution in [2.75, 3.05) is 7.11 Å². The SMILES string of the molecule is CCC(C)(O)C#CC#Cc1nc(-c2ccc(OC)cc2)sc1C(C)=O. The van der Waals surface area contributed by atoms with Crippen LogP contribution in [0.3, 0.4) is 0 Å². The summed E-state index contributed by atoms with van der Waals surface area (Å²) in [6.45, 7) is 4.97. The van der Waals surface area contributed by atoms with Gasteiger partial charge < -0.3 is 9.84 Å². The van der Waals surface area contributed by atoms with E-state index in [1.54, 1.807) is 14.0 Å².